The maximum absolute atomic E-state index is 9.85. The molecular formula is C93H64BBrN6O2. The lowest BCUT2D eigenvalue weighted by atomic mass is 9.68. The van der Waals surface area contributed by atoms with Crippen LogP contribution in [0.2, 0.25) is 0 Å². The first-order chi connectivity index (χ1) is 50.3. The van der Waals surface area contributed by atoms with Gasteiger partial charge in [-0.2, -0.15) is 0 Å². The number of hydrogen-bond donors (Lipinski definition) is 2. The molecule has 16 aromatic rings. The van der Waals surface area contributed by atoms with E-state index in [2.05, 4.69) is 209 Å². The van der Waals surface area contributed by atoms with Gasteiger partial charge in [-0.15, -0.1) is 0 Å². The van der Waals surface area contributed by atoms with Crippen molar-refractivity contribution in [3.8, 4) is 124 Å². The summed E-state index contributed by atoms with van der Waals surface area (Å²) in [5, 5.41) is 19.7. The molecule has 2 heterocycles. The summed E-state index contributed by atoms with van der Waals surface area (Å²) in [6.45, 7) is 0. The molecule has 0 unspecified atom stereocenters. The Balaban J connectivity index is 0.000000124. The van der Waals surface area contributed by atoms with Gasteiger partial charge >= 0.3 is 7.12 Å². The molecule has 14 aromatic carbocycles. The smallest absolute Gasteiger partial charge is 0.423 e. The second-order valence-electron chi connectivity index (χ2n) is 25.9. The molecule has 0 saturated carbocycles. The Labute approximate surface area is 607 Å². The van der Waals surface area contributed by atoms with Gasteiger partial charge in [0, 0.05) is 37.9 Å². The van der Waals surface area contributed by atoms with E-state index in [-0.39, 0.29) is 12.8 Å². The predicted molar refractivity (Wildman–Crippen MR) is 421 cm³/mol. The molecule has 0 aliphatic heterocycles. The highest BCUT2D eigenvalue weighted by molar-refractivity contribution is 9.10. The van der Waals surface area contributed by atoms with Crippen LogP contribution in [-0.2, 0) is 10.8 Å². The fraction of sp³-hybridized carbons (Fsp3) is 0.0323. The Morgan fingerprint density at radius 2 is 0.466 bits per heavy atom. The van der Waals surface area contributed by atoms with Crippen LogP contribution < -0.4 is 5.46 Å². The molecule has 0 atom stereocenters. The van der Waals surface area contributed by atoms with Crippen LogP contribution in [-0.4, -0.2) is 47.1 Å². The zero-order valence-corrected chi connectivity index (χ0v) is 56.6. The van der Waals surface area contributed by atoms with Crippen molar-refractivity contribution >= 4 is 28.5 Å². The molecule has 2 aromatic heterocycles. The molecule has 0 radical (unpaired) electrons. The first-order valence-electron chi connectivity index (χ1n) is 34.2. The highest BCUT2D eigenvalue weighted by Gasteiger charge is 2.53. The highest BCUT2D eigenvalue weighted by Crippen LogP contribution is 2.64. The van der Waals surface area contributed by atoms with Gasteiger partial charge in [-0.1, -0.05) is 351 Å². The predicted octanol–water partition coefficient (Wildman–Crippen LogP) is 20.9. The molecule has 4 aliphatic carbocycles. The maximum Gasteiger partial charge on any atom is 0.488 e. The second kappa shape index (κ2) is 26.6. The summed E-state index contributed by atoms with van der Waals surface area (Å²) >= 11 is 3.52. The average molecular weight is 1390 g/mol. The minimum Gasteiger partial charge on any atom is -0.423 e. The first-order valence-corrected chi connectivity index (χ1v) is 34.9. The summed E-state index contributed by atoms with van der Waals surface area (Å²) in [7, 11) is -1.49. The molecule has 488 valence electrons. The van der Waals surface area contributed by atoms with E-state index in [1.54, 1.807) is 0 Å². The third-order valence-electron chi connectivity index (χ3n) is 20.3. The van der Waals surface area contributed by atoms with Crippen molar-refractivity contribution in [3.05, 3.63) is 401 Å². The van der Waals surface area contributed by atoms with Crippen LogP contribution in [0.4, 0.5) is 0 Å². The number of benzene rings is 14. The Bertz CT molecular complexity index is 5670. The summed E-state index contributed by atoms with van der Waals surface area (Å²) in [6.07, 6.45) is 0. The fourth-order valence-electron chi connectivity index (χ4n) is 15.9. The summed E-state index contributed by atoms with van der Waals surface area (Å²) in [5.41, 5.74) is 28.1. The molecule has 0 amide bonds. The molecule has 0 fully saturated rings. The van der Waals surface area contributed by atoms with E-state index >= 15 is 0 Å². The number of rotatable bonds is 8. The number of hydrogen-bond acceptors (Lipinski definition) is 8. The van der Waals surface area contributed by atoms with E-state index in [0.717, 1.165) is 60.1 Å². The van der Waals surface area contributed by atoms with E-state index in [4.69, 9.17) is 24.9 Å². The van der Waals surface area contributed by atoms with E-state index in [0.29, 0.717) is 40.4 Å². The van der Waals surface area contributed by atoms with Crippen molar-refractivity contribution in [1.29, 1.82) is 0 Å². The average Bonchev–Trinajstić information content (AvgIpc) is 1.52. The first kappa shape index (κ1) is 64.0. The lowest BCUT2D eigenvalue weighted by Crippen LogP contribution is -2.32. The number of nitrogens with zero attached hydrogens (tertiary/aromatic N) is 6. The second-order valence-corrected chi connectivity index (χ2v) is 26.8. The van der Waals surface area contributed by atoms with Gasteiger partial charge in [0.05, 0.1) is 10.8 Å². The van der Waals surface area contributed by atoms with Gasteiger partial charge in [-0.05, 0) is 130 Å². The van der Waals surface area contributed by atoms with E-state index in [1.165, 1.54) is 77.9 Å². The molecule has 10 heteroatoms. The van der Waals surface area contributed by atoms with Gasteiger partial charge in [0.1, 0.15) is 0 Å². The van der Waals surface area contributed by atoms with Crippen molar-refractivity contribution in [2.75, 3.05) is 0 Å². The summed E-state index contributed by atoms with van der Waals surface area (Å²) in [5.74, 6) is 3.97. The van der Waals surface area contributed by atoms with Crippen LogP contribution in [0.15, 0.2) is 356 Å². The number of aromatic nitrogens is 6. The molecule has 0 bridgehead atoms. The number of fused-ring (bicyclic) bond motifs is 20. The van der Waals surface area contributed by atoms with Crippen molar-refractivity contribution < 1.29 is 10.0 Å². The zero-order valence-electron chi connectivity index (χ0n) is 55.0. The topological polar surface area (TPSA) is 118 Å². The lowest BCUT2D eigenvalue weighted by molar-refractivity contribution is 0.425. The Kier molecular flexibility index (Phi) is 16.5. The maximum atomic E-state index is 9.85. The minimum atomic E-state index is -1.49. The van der Waals surface area contributed by atoms with Gasteiger partial charge in [0.25, 0.3) is 0 Å². The Morgan fingerprint density at radius 1 is 0.214 bits per heavy atom. The molecule has 0 saturated heterocycles. The van der Waals surface area contributed by atoms with Gasteiger partial charge in [0.15, 0.2) is 34.9 Å². The van der Waals surface area contributed by atoms with Crippen molar-refractivity contribution in [2.45, 2.75) is 18.3 Å². The molecule has 4 aliphatic rings. The van der Waals surface area contributed by atoms with Gasteiger partial charge in [-0.25, -0.2) is 29.9 Å². The van der Waals surface area contributed by atoms with E-state index in [9.17, 15) is 10.0 Å². The third kappa shape index (κ3) is 10.9. The van der Waals surface area contributed by atoms with Gasteiger partial charge in [0.2, 0.25) is 0 Å². The quantitative estimate of drug-likeness (QED) is 0.145. The molecule has 2 spiro atoms. The van der Waals surface area contributed by atoms with Crippen LogP contribution in [0.1, 0.15) is 51.9 Å². The normalized spacial score (nSPS) is 12.7. The van der Waals surface area contributed by atoms with Crippen molar-refractivity contribution in [2.24, 2.45) is 0 Å². The summed E-state index contributed by atoms with van der Waals surface area (Å²) < 4.78 is 0.993. The summed E-state index contributed by atoms with van der Waals surface area (Å²) in [6, 6.07) is 122. The van der Waals surface area contributed by atoms with Gasteiger partial charge in [-0.3, -0.25) is 0 Å². The Morgan fingerprint density at radius 3 is 0.806 bits per heavy atom. The van der Waals surface area contributed by atoms with Crippen molar-refractivity contribution in [3.63, 3.8) is 0 Å². The van der Waals surface area contributed by atoms with Gasteiger partial charge < -0.3 is 10.0 Å². The fourth-order valence-corrected chi connectivity index (χ4v) is 16.3. The molecular weight excluding hydrogens is 1320 g/mol. The minimum absolute atomic E-state index is 0. The van der Waals surface area contributed by atoms with Crippen LogP contribution in [0.3, 0.4) is 0 Å². The van der Waals surface area contributed by atoms with Crippen LogP contribution in [0.25, 0.3) is 124 Å². The van der Waals surface area contributed by atoms with Crippen LogP contribution in [0, 0.1) is 0 Å². The molecule has 20 rings (SSSR count). The molecule has 8 nitrogen and oxygen atoms in total. The monoisotopic (exact) mass is 1390 g/mol. The van der Waals surface area contributed by atoms with E-state index in [1.807, 2.05) is 164 Å². The Hall–Kier alpha value is -12.4. The highest BCUT2D eigenvalue weighted by atomic mass is 79.9. The zero-order chi connectivity index (χ0) is 68.3. The summed E-state index contributed by atoms with van der Waals surface area (Å²) in [4.78, 5) is 29.0. The van der Waals surface area contributed by atoms with Crippen molar-refractivity contribution in [1.82, 2.24) is 29.9 Å². The lowest BCUT2D eigenvalue weighted by Gasteiger charge is -2.30. The molecule has 2 N–H and O–H groups in total. The molecule has 103 heavy (non-hydrogen) atoms. The van der Waals surface area contributed by atoms with Crippen LogP contribution in [0.5, 0.6) is 0 Å². The van der Waals surface area contributed by atoms with Crippen LogP contribution >= 0.6 is 15.9 Å². The third-order valence-corrected chi connectivity index (χ3v) is 20.7. The SMILES string of the molecule is Brc1cccc(-c2nc(-c3ccccc3)nc(-c3ccccc3)n2)c1.C.OB(O)c1ccc2c(c1)C1(c3ccccc3-c3ccccc31)c1ccccc1-2.c1ccc(-c2nc(-c3ccccc3)nc(-c3cccc(-c4ccc5c(c4)C4(c6ccccc6-c6ccccc64)c4ccccc4-5)c3)n2)cc1. The largest absolute Gasteiger partial charge is 0.488 e. The standard InChI is InChI=1S/C46H29N3.C25H17BO2.C21H14BrN3.CH4/c1-3-14-30(15-4-1)43-47-44(31-16-5-2-6-17-31)49-45(48-43)34-19-13-18-32(28-34)33-26-27-38-37-22-9-12-25-41(37)46(42(38)29-33)39-23-10-7-20-35(39)36-21-8-11-24-40(36)46;27-26(28)16-13-14-20-19-9-3-6-12-23(19)25(24(20)15-16)21-10-4-1-7-17(21)18-8-2-5-11-22(18)25;22-18-13-7-12-17(14-18)21-24-19(15-8-3-1-4-9-15)23-20(25-21)16-10-5-2-6-11-16;/h1-29H;1-15,27-28H;1-14H;1H4. The number of halogens is 1. The van der Waals surface area contributed by atoms with E-state index < -0.39 is 12.5 Å².